The highest BCUT2D eigenvalue weighted by atomic mass is 79.9. The zero-order valence-corrected chi connectivity index (χ0v) is 27.8. The number of ether oxygens (including phenoxy) is 4. The van der Waals surface area contributed by atoms with Crippen LogP contribution in [0.5, 0.6) is 17.2 Å². The lowest BCUT2D eigenvalue weighted by Crippen LogP contribution is -2.40. The topological polar surface area (TPSA) is 88.4 Å². The number of carbonyl (C=O) groups excluding carboxylic acids is 1. The zero-order valence-electron chi connectivity index (χ0n) is 25.4. The first-order valence-electron chi connectivity index (χ1n) is 14.3. The van der Waals surface area contributed by atoms with Gasteiger partial charge in [-0.05, 0) is 103 Å². The summed E-state index contributed by atoms with van der Waals surface area (Å²) in [6.45, 7) is 7.68. The minimum absolute atomic E-state index is 0.0752. The molecule has 0 radical (unpaired) electrons. The highest BCUT2D eigenvalue weighted by molar-refractivity contribution is 9.10. The fraction of sp³-hybridized carbons (Fsp3) is 0.265. The van der Waals surface area contributed by atoms with Crippen molar-refractivity contribution in [2.24, 2.45) is 4.99 Å². The van der Waals surface area contributed by atoms with Crippen molar-refractivity contribution in [3.8, 4) is 17.2 Å². The highest BCUT2D eigenvalue weighted by Gasteiger charge is 2.34. The Labute approximate surface area is 272 Å². The van der Waals surface area contributed by atoms with Crippen molar-refractivity contribution in [2.45, 2.75) is 46.4 Å². The molecular weight excluding hydrogens is 663 g/mol. The van der Waals surface area contributed by atoms with E-state index in [2.05, 4.69) is 20.9 Å². The Balaban J connectivity index is 1.55. The molecule has 0 unspecified atom stereocenters. The number of thiazole rings is 1. The van der Waals surface area contributed by atoms with E-state index in [1.165, 1.54) is 28.0 Å². The molecule has 5 rings (SSSR count). The second kappa shape index (κ2) is 13.8. The number of hydrogen-bond acceptors (Lipinski definition) is 8. The Morgan fingerprint density at radius 1 is 1.11 bits per heavy atom. The van der Waals surface area contributed by atoms with Gasteiger partial charge >= 0.3 is 5.97 Å². The summed E-state index contributed by atoms with van der Waals surface area (Å²) in [6.07, 6.45) is 1.69. The minimum atomic E-state index is -0.796. The van der Waals surface area contributed by atoms with Crippen LogP contribution in [0.15, 0.2) is 86.2 Å². The van der Waals surface area contributed by atoms with Crippen LogP contribution in [-0.2, 0) is 16.1 Å². The Kier molecular flexibility index (Phi) is 9.89. The summed E-state index contributed by atoms with van der Waals surface area (Å²) in [5.41, 5.74) is 2.55. The molecule has 0 bridgehead atoms. The maximum absolute atomic E-state index is 14.0. The molecule has 234 valence electrons. The lowest BCUT2D eigenvalue weighted by Gasteiger charge is -2.25. The van der Waals surface area contributed by atoms with Crippen molar-refractivity contribution in [3.63, 3.8) is 0 Å². The molecule has 11 heteroatoms. The van der Waals surface area contributed by atoms with Crippen LogP contribution in [0.25, 0.3) is 6.08 Å². The molecule has 1 atom stereocenters. The summed E-state index contributed by atoms with van der Waals surface area (Å²) in [6, 6.07) is 16.3. The first-order valence-corrected chi connectivity index (χ1v) is 15.9. The first-order chi connectivity index (χ1) is 21.6. The summed E-state index contributed by atoms with van der Waals surface area (Å²) in [4.78, 5) is 32.4. The quantitative estimate of drug-likeness (QED) is 0.187. The molecule has 3 aromatic carbocycles. The fourth-order valence-electron chi connectivity index (χ4n) is 4.98. The number of hydrogen-bond donors (Lipinski definition) is 0. The number of benzene rings is 3. The van der Waals surface area contributed by atoms with Gasteiger partial charge in [-0.25, -0.2) is 14.2 Å². The van der Waals surface area contributed by atoms with Crippen molar-refractivity contribution in [2.75, 3.05) is 13.7 Å². The van der Waals surface area contributed by atoms with Crippen molar-refractivity contribution in [3.05, 3.63) is 119 Å². The molecule has 0 spiro atoms. The van der Waals surface area contributed by atoms with Gasteiger partial charge < -0.3 is 18.9 Å². The molecule has 4 aromatic rings. The maximum atomic E-state index is 14.0. The predicted octanol–water partition coefficient (Wildman–Crippen LogP) is 6.07. The Hall–Kier alpha value is -4.22. The van der Waals surface area contributed by atoms with Crippen LogP contribution < -0.4 is 29.1 Å². The normalized spacial score (nSPS) is 14.7. The smallest absolute Gasteiger partial charge is 0.338 e. The molecule has 0 aliphatic carbocycles. The van der Waals surface area contributed by atoms with E-state index in [1.807, 2.05) is 32.0 Å². The van der Waals surface area contributed by atoms with E-state index in [1.54, 1.807) is 57.4 Å². The summed E-state index contributed by atoms with van der Waals surface area (Å²) in [5, 5.41) is 0. The van der Waals surface area contributed by atoms with Gasteiger partial charge in [0.25, 0.3) is 5.56 Å². The first kappa shape index (κ1) is 32.2. The number of esters is 1. The molecule has 45 heavy (non-hydrogen) atoms. The molecule has 0 saturated heterocycles. The zero-order chi connectivity index (χ0) is 32.2. The van der Waals surface area contributed by atoms with Crippen molar-refractivity contribution in [1.29, 1.82) is 0 Å². The molecule has 1 aliphatic heterocycles. The second-order valence-corrected chi connectivity index (χ2v) is 12.4. The van der Waals surface area contributed by atoms with Gasteiger partial charge in [-0.3, -0.25) is 9.36 Å². The largest absolute Gasteiger partial charge is 0.493 e. The average Bonchev–Trinajstić information content (AvgIpc) is 3.29. The molecule has 8 nitrogen and oxygen atoms in total. The molecule has 0 amide bonds. The standard InChI is InChI=1S/C34H32BrFN2O6S/c1-6-42-33(40)30-20(4)37-34-38(31(30)23-11-13-27(44-19(2)3)28(17-23)41-5)32(39)29(45-34)16-21-10-12-26(25(35)15-21)43-18-22-8-7-9-24(36)14-22/h7-17,19,31H,6,18H2,1-5H3/b29-16-/t31-/m1/s1. The van der Waals surface area contributed by atoms with Crippen molar-refractivity contribution >= 4 is 39.3 Å². The van der Waals surface area contributed by atoms with Gasteiger partial charge in [0, 0.05) is 0 Å². The third kappa shape index (κ3) is 7.04. The van der Waals surface area contributed by atoms with Gasteiger partial charge in [-0.1, -0.05) is 35.6 Å². The van der Waals surface area contributed by atoms with E-state index in [0.717, 1.165) is 5.56 Å². The minimum Gasteiger partial charge on any atom is -0.493 e. The van der Waals surface area contributed by atoms with Crippen LogP contribution in [0, 0.1) is 5.82 Å². The summed E-state index contributed by atoms with van der Waals surface area (Å²) < 4.78 is 39.0. The predicted molar refractivity (Wildman–Crippen MR) is 174 cm³/mol. The van der Waals surface area contributed by atoms with Crippen molar-refractivity contribution in [1.82, 2.24) is 4.57 Å². The van der Waals surface area contributed by atoms with E-state index in [0.29, 0.717) is 47.9 Å². The number of aromatic nitrogens is 1. The van der Waals surface area contributed by atoms with Crippen LogP contribution in [0.1, 0.15) is 50.4 Å². The average molecular weight is 696 g/mol. The van der Waals surface area contributed by atoms with E-state index in [-0.39, 0.29) is 36.3 Å². The second-order valence-electron chi connectivity index (χ2n) is 10.5. The lowest BCUT2D eigenvalue weighted by atomic mass is 9.95. The van der Waals surface area contributed by atoms with E-state index in [9.17, 15) is 14.0 Å². The molecular formula is C34H32BrFN2O6S. The fourth-order valence-corrected chi connectivity index (χ4v) is 6.53. The SMILES string of the molecule is CCOC(=O)C1=C(C)N=c2s/c(=C\c3ccc(OCc4cccc(F)c4)c(Br)c3)c(=O)n2[C@@H]1c1ccc(OC(C)C)c(OC)c1. The van der Waals surface area contributed by atoms with E-state index >= 15 is 0 Å². The summed E-state index contributed by atoms with van der Waals surface area (Å²) >= 11 is 4.78. The number of carbonyl (C=O) groups is 1. The van der Waals surface area contributed by atoms with Gasteiger partial charge in [0.05, 0.1) is 46.1 Å². The number of fused-ring (bicyclic) bond motifs is 1. The Morgan fingerprint density at radius 3 is 2.58 bits per heavy atom. The van der Waals surface area contributed by atoms with Gasteiger partial charge in [-0.15, -0.1) is 0 Å². The molecule has 2 heterocycles. The molecule has 0 N–H and O–H groups in total. The number of rotatable bonds is 10. The maximum Gasteiger partial charge on any atom is 0.338 e. The van der Waals surface area contributed by atoms with Crippen LogP contribution in [0.2, 0.25) is 0 Å². The van der Waals surface area contributed by atoms with Gasteiger partial charge in [0.15, 0.2) is 16.3 Å². The molecule has 0 fully saturated rings. The monoisotopic (exact) mass is 694 g/mol. The molecule has 1 aliphatic rings. The third-order valence-corrected chi connectivity index (χ3v) is 8.52. The number of nitrogens with zero attached hydrogens (tertiary/aromatic N) is 2. The molecule has 1 aromatic heterocycles. The van der Waals surface area contributed by atoms with Crippen LogP contribution in [0.4, 0.5) is 4.39 Å². The van der Waals surface area contributed by atoms with Gasteiger partial charge in [-0.2, -0.15) is 0 Å². The van der Waals surface area contributed by atoms with E-state index in [4.69, 9.17) is 18.9 Å². The number of methoxy groups -OCH3 is 1. The van der Waals surface area contributed by atoms with E-state index < -0.39 is 12.0 Å². The third-order valence-electron chi connectivity index (χ3n) is 6.92. The summed E-state index contributed by atoms with van der Waals surface area (Å²) in [5.74, 6) is 0.737. The number of halogens is 2. The van der Waals surface area contributed by atoms with Gasteiger partial charge in [0.2, 0.25) is 0 Å². The lowest BCUT2D eigenvalue weighted by molar-refractivity contribution is -0.139. The summed E-state index contributed by atoms with van der Waals surface area (Å²) in [7, 11) is 1.54. The molecule has 0 saturated carbocycles. The van der Waals surface area contributed by atoms with Crippen LogP contribution in [0.3, 0.4) is 0 Å². The van der Waals surface area contributed by atoms with Crippen LogP contribution in [-0.4, -0.2) is 30.4 Å². The number of allylic oxidation sites excluding steroid dienone is 1. The Morgan fingerprint density at radius 2 is 1.89 bits per heavy atom. The highest BCUT2D eigenvalue weighted by Crippen LogP contribution is 2.36. The van der Waals surface area contributed by atoms with Crippen LogP contribution >= 0.6 is 27.3 Å². The van der Waals surface area contributed by atoms with Gasteiger partial charge in [0.1, 0.15) is 18.2 Å². The van der Waals surface area contributed by atoms with Crippen molar-refractivity contribution < 1.29 is 28.1 Å². The Bertz CT molecular complexity index is 1970.